The van der Waals surface area contributed by atoms with E-state index in [9.17, 15) is 0 Å². The molecule has 0 heterocycles. The molecule has 0 saturated carbocycles. The van der Waals surface area contributed by atoms with Crippen molar-refractivity contribution >= 4 is 19.8 Å². The summed E-state index contributed by atoms with van der Waals surface area (Å²) in [7, 11) is 0. The zero-order valence-corrected chi connectivity index (χ0v) is 6.98. The van der Waals surface area contributed by atoms with Gasteiger partial charge in [-0.3, -0.25) is 0 Å². The zero-order chi connectivity index (χ0) is 5.82. The molecule has 0 saturated heterocycles. The van der Waals surface area contributed by atoms with Crippen molar-refractivity contribution in [3.8, 4) is 0 Å². The van der Waals surface area contributed by atoms with E-state index in [-0.39, 0.29) is 15.4 Å². The summed E-state index contributed by atoms with van der Waals surface area (Å²) in [6.07, 6.45) is 0. The number of hydrogen-bond donors (Lipinski definition) is 0. The molecule has 0 aliphatic rings. The van der Waals surface area contributed by atoms with Gasteiger partial charge < -0.3 is 0 Å². The molecule has 0 unspecified atom stereocenters. The summed E-state index contributed by atoms with van der Waals surface area (Å²) in [4.78, 5) is 0. The van der Waals surface area contributed by atoms with Crippen LogP contribution in [0.1, 0.15) is 0 Å². The molecule has 0 aliphatic carbocycles. The molecule has 0 spiro atoms. The van der Waals surface area contributed by atoms with E-state index in [1.807, 2.05) is 0 Å². The summed E-state index contributed by atoms with van der Waals surface area (Å²) < 4.78 is 1.53. The van der Waals surface area contributed by atoms with E-state index in [1.54, 1.807) is 0 Å². The first-order valence-corrected chi connectivity index (χ1v) is 5.81. The van der Waals surface area contributed by atoms with Crippen molar-refractivity contribution < 1.29 is 0 Å². The van der Waals surface area contributed by atoms with Gasteiger partial charge in [-0.25, -0.2) is 0 Å². The topological polar surface area (TPSA) is 0 Å². The van der Waals surface area contributed by atoms with Crippen LogP contribution in [-0.4, -0.2) is 15.4 Å². The summed E-state index contributed by atoms with van der Waals surface area (Å²) in [5, 5.41) is 0. The van der Waals surface area contributed by atoms with Gasteiger partial charge in [-0.2, -0.15) is 0 Å². The molecule has 2 radical (unpaired) electrons. The third-order valence-electron chi connectivity index (χ3n) is 1.06. The molecule has 0 fully saturated rings. The normalized spacial score (nSPS) is 9.12. The molecule has 0 aliphatic heterocycles. The van der Waals surface area contributed by atoms with Gasteiger partial charge in [0, 0.05) is 0 Å². The zero-order valence-electron chi connectivity index (χ0n) is 4.89. The second-order valence-corrected chi connectivity index (χ2v) is 3.88. The summed E-state index contributed by atoms with van der Waals surface area (Å²) in [6.45, 7) is 0. The van der Waals surface area contributed by atoms with E-state index in [0.717, 1.165) is 0 Å². The molecule has 1 aromatic carbocycles. The average Bonchev–Trinajstić information content (AvgIpc) is 1.90. The molecule has 0 amide bonds. The molecule has 0 nitrogen and oxygen atoms in total. The van der Waals surface area contributed by atoms with Gasteiger partial charge in [0.05, 0.1) is 0 Å². The van der Waals surface area contributed by atoms with Gasteiger partial charge in [-0.05, 0) is 0 Å². The van der Waals surface area contributed by atoms with Gasteiger partial charge in [0.1, 0.15) is 0 Å². The standard InChI is InChI=1S/C7H8Ge/c1-8-7-5-3-2-4-6-7/h2-6H,1H3. The van der Waals surface area contributed by atoms with Crippen molar-refractivity contribution in [2.75, 3.05) is 0 Å². The third-order valence-corrected chi connectivity index (χ3v) is 2.97. The van der Waals surface area contributed by atoms with Crippen LogP contribution in [0.15, 0.2) is 30.3 Å². The van der Waals surface area contributed by atoms with Gasteiger partial charge in [-0.15, -0.1) is 0 Å². The molecule has 1 aromatic rings. The Kier molecular flexibility index (Phi) is 2.15. The molecule has 1 rings (SSSR count). The third kappa shape index (κ3) is 1.37. The number of hydrogen-bond acceptors (Lipinski definition) is 0. The van der Waals surface area contributed by atoms with Crippen LogP contribution < -0.4 is 4.40 Å². The number of benzene rings is 1. The van der Waals surface area contributed by atoms with E-state index in [4.69, 9.17) is 0 Å². The Hall–Kier alpha value is -0.237. The summed E-state index contributed by atoms with van der Waals surface area (Å²) in [6, 6.07) is 10.6. The molecule has 0 bridgehead atoms. The second kappa shape index (κ2) is 2.92. The van der Waals surface area contributed by atoms with Crippen LogP contribution in [0.3, 0.4) is 0 Å². The average molecular weight is 165 g/mol. The summed E-state index contributed by atoms with van der Waals surface area (Å²) in [5.41, 5.74) is 0. The first kappa shape index (κ1) is 5.89. The quantitative estimate of drug-likeness (QED) is 0.545. The molecular weight excluding hydrogens is 157 g/mol. The summed E-state index contributed by atoms with van der Waals surface area (Å²) >= 11 is 0.196. The fourth-order valence-electron chi connectivity index (χ4n) is 0.605. The first-order chi connectivity index (χ1) is 3.93. The van der Waals surface area contributed by atoms with Crippen LogP contribution in [0.2, 0.25) is 5.76 Å². The molecule has 8 heavy (non-hydrogen) atoms. The predicted molar refractivity (Wildman–Crippen MR) is 37.7 cm³/mol. The molecule has 0 N–H and O–H groups in total. The SMILES string of the molecule is [CH3][Ge][c]1ccccc1. The van der Waals surface area contributed by atoms with Gasteiger partial charge >= 0.3 is 55.9 Å². The van der Waals surface area contributed by atoms with Gasteiger partial charge in [0.15, 0.2) is 0 Å². The fourth-order valence-corrected chi connectivity index (χ4v) is 1.71. The Balaban J connectivity index is 2.83. The maximum absolute atomic E-state index is 2.29. The molecule has 40 valence electrons. The monoisotopic (exact) mass is 166 g/mol. The Morgan fingerprint density at radius 1 is 1.12 bits per heavy atom. The van der Waals surface area contributed by atoms with Crippen LogP contribution in [0.4, 0.5) is 0 Å². The first-order valence-electron chi connectivity index (χ1n) is 2.66. The Bertz CT molecular complexity index is 146. The van der Waals surface area contributed by atoms with Gasteiger partial charge in [0.25, 0.3) is 0 Å². The van der Waals surface area contributed by atoms with Crippen LogP contribution in [0.5, 0.6) is 0 Å². The Morgan fingerprint density at radius 2 is 1.75 bits per heavy atom. The fraction of sp³-hybridized carbons (Fsp3) is 0.143. The van der Waals surface area contributed by atoms with Crippen molar-refractivity contribution in [3.63, 3.8) is 0 Å². The van der Waals surface area contributed by atoms with Crippen molar-refractivity contribution in [2.24, 2.45) is 0 Å². The van der Waals surface area contributed by atoms with Crippen LogP contribution in [0, 0.1) is 0 Å². The minimum atomic E-state index is 0.196. The van der Waals surface area contributed by atoms with Crippen molar-refractivity contribution in [2.45, 2.75) is 5.76 Å². The molecule has 0 atom stereocenters. The van der Waals surface area contributed by atoms with Crippen LogP contribution in [0.25, 0.3) is 0 Å². The Labute approximate surface area is 56.4 Å². The van der Waals surface area contributed by atoms with E-state index in [2.05, 4.69) is 36.1 Å². The Morgan fingerprint density at radius 3 is 2.12 bits per heavy atom. The maximum atomic E-state index is 2.29. The molecule has 0 aromatic heterocycles. The van der Waals surface area contributed by atoms with Gasteiger partial charge in [-0.1, -0.05) is 0 Å². The molecular formula is C7H8Ge. The predicted octanol–water partition coefficient (Wildman–Crippen LogP) is 1.06. The minimum absolute atomic E-state index is 0.196. The number of rotatable bonds is 1. The van der Waals surface area contributed by atoms with E-state index in [0.29, 0.717) is 0 Å². The summed E-state index contributed by atoms with van der Waals surface area (Å²) in [5.74, 6) is 2.29. The molecule has 1 heteroatoms. The van der Waals surface area contributed by atoms with E-state index < -0.39 is 0 Å². The van der Waals surface area contributed by atoms with Crippen LogP contribution >= 0.6 is 0 Å². The van der Waals surface area contributed by atoms with Gasteiger partial charge in [0.2, 0.25) is 0 Å². The van der Waals surface area contributed by atoms with Crippen molar-refractivity contribution in [1.29, 1.82) is 0 Å². The van der Waals surface area contributed by atoms with E-state index >= 15 is 0 Å². The van der Waals surface area contributed by atoms with Crippen LogP contribution in [-0.2, 0) is 0 Å². The second-order valence-electron chi connectivity index (χ2n) is 1.62. The van der Waals surface area contributed by atoms with E-state index in [1.165, 1.54) is 4.40 Å². The van der Waals surface area contributed by atoms with Crippen molar-refractivity contribution in [1.82, 2.24) is 0 Å². The van der Waals surface area contributed by atoms with Crippen molar-refractivity contribution in [3.05, 3.63) is 30.3 Å².